The highest BCUT2D eigenvalue weighted by Gasteiger charge is 2.22. The Bertz CT molecular complexity index is 169. The van der Waals surface area contributed by atoms with E-state index < -0.39 is 0 Å². The molecule has 0 radical (unpaired) electrons. The van der Waals surface area contributed by atoms with Crippen molar-refractivity contribution in [1.82, 2.24) is 4.90 Å². The molecule has 16 heavy (non-hydrogen) atoms. The summed E-state index contributed by atoms with van der Waals surface area (Å²) in [6.45, 7) is 2.63. The molecule has 0 heterocycles. The topological polar surface area (TPSA) is 32.7 Å². The normalized spacial score (nSPS) is 20.2. The number of ether oxygens (including phenoxy) is 1. The fourth-order valence-electron chi connectivity index (χ4n) is 2.56. The molecule has 96 valence electrons. The molecule has 1 unspecified atom stereocenters. The molecule has 1 aliphatic rings. The molecule has 0 aromatic rings. The van der Waals surface area contributed by atoms with Crippen molar-refractivity contribution in [3.63, 3.8) is 0 Å². The van der Waals surface area contributed by atoms with E-state index in [0.717, 1.165) is 26.1 Å². The van der Waals surface area contributed by atoms with Crippen LogP contribution in [0.15, 0.2) is 0 Å². The van der Waals surface area contributed by atoms with Crippen molar-refractivity contribution >= 4 is 0 Å². The van der Waals surface area contributed by atoms with Crippen molar-refractivity contribution in [1.29, 1.82) is 0 Å². The van der Waals surface area contributed by atoms with Crippen molar-refractivity contribution in [3.05, 3.63) is 0 Å². The van der Waals surface area contributed by atoms with Gasteiger partial charge in [0.25, 0.3) is 0 Å². The maximum Gasteiger partial charge on any atom is 0.0695 e. The van der Waals surface area contributed by atoms with Gasteiger partial charge in [-0.05, 0) is 32.2 Å². The summed E-state index contributed by atoms with van der Waals surface area (Å²) in [5.74, 6) is 0.540. The van der Waals surface area contributed by atoms with E-state index in [1.807, 2.05) is 0 Å². The molecular weight excluding hydrogens is 202 g/mol. The van der Waals surface area contributed by atoms with Gasteiger partial charge in [-0.25, -0.2) is 0 Å². The second kappa shape index (κ2) is 8.04. The Hall–Kier alpha value is -0.120. The highest BCUT2D eigenvalue weighted by molar-refractivity contribution is 4.75. The molecule has 1 rings (SSSR count). The summed E-state index contributed by atoms with van der Waals surface area (Å²) >= 11 is 0. The molecular formula is C13H27NO2. The van der Waals surface area contributed by atoms with Gasteiger partial charge >= 0.3 is 0 Å². The summed E-state index contributed by atoms with van der Waals surface area (Å²) < 4.78 is 5.02. The zero-order valence-corrected chi connectivity index (χ0v) is 10.8. The van der Waals surface area contributed by atoms with Crippen LogP contribution in [0.4, 0.5) is 0 Å². The lowest BCUT2D eigenvalue weighted by Crippen LogP contribution is -2.35. The second-order valence-electron chi connectivity index (χ2n) is 5.07. The lowest BCUT2D eigenvalue weighted by atomic mass is 9.85. The molecule has 0 aromatic heterocycles. The van der Waals surface area contributed by atoms with Gasteiger partial charge in [-0.1, -0.05) is 19.3 Å². The maximum absolute atomic E-state index is 10.1. The summed E-state index contributed by atoms with van der Waals surface area (Å²) in [5.41, 5.74) is 0. The third-order valence-corrected chi connectivity index (χ3v) is 3.58. The van der Waals surface area contributed by atoms with Crippen LogP contribution in [0.5, 0.6) is 0 Å². The zero-order chi connectivity index (χ0) is 11.8. The van der Waals surface area contributed by atoms with Crippen LogP contribution in [-0.2, 0) is 4.74 Å². The predicted molar refractivity (Wildman–Crippen MR) is 66.6 cm³/mol. The van der Waals surface area contributed by atoms with Crippen molar-refractivity contribution in [2.24, 2.45) is 5.92 Å². The molecule has 0 spiro atoms. The molecule has 3 heteroatoms. The van der Waals surface area contributed by atoms with E-state index in [-0.39, 0.29) is 6.10 Å². The first-order valence-corrected chi connectivity index (χ1v) is 6.59. The highest BCUT2D eigenvalue weighted by Crippen LogP contribution is 2.26. The third-order valence-electron chi connectivity index (χ3n) is 3.58. The maximum atomic E-state index is 10.1. The lowest BCUT2D eigenvalue weighted by Gasteiger charge is -2.29. The minimum absolute atomic E-state index is 0.132. The summed E-state index contributed by atoms with van der Waals surface area (Å²) in [5, 5.41) is 10.1. The molecule has 0 aliphatic heterocycles. The molecule has 0 bridgehead atoms. The van der Waals surface area contributed by atoms with Crippen LogP contribution in [0.25, 0.3) is 0 Å². The van der Waals surface area contributed by atoms with Gasteiger partial charge in [-0.3, -0.25) is 0 Å². The van der Waals surface area contributed by atoms with Crippen molar-refractivity contribution in [3.8, 4) is 0 Å². The summed E-state index contributed by atoms with van der Waals surface area (Å²) in [4.78, 5) is 2.22. The fraction of sp³-hybridized carbons (Fsp3) is 1.00. The number of hydrogen-bond donors (Lipinski definition) is 1. The van der Waals surface area contributed by atoms with E-state index in [1.165, 1.54) is 32.1 Å². The average Bonchev–Trinajstić information content (AvgIpc) is 2.30. The van der Waals surface area contributed by atoms with Crippen LogP contribution in [0.3, 0.4) is 0 Å². The molecule has 1 aliphatic carbocycles. The molecule has 1 fully saturated rings. The molecule has 1 saturated carbocycles. The Labute approximate surface area is 99.8 Å². The first kappa shape index (κ1) is 13.9. The summed E-state index contributed by atoms with van der Waals surface area (Å²) in [6.07, 6.45) is 7.30. The van der Waals surface area contributed by atoms with Crippen LogP contribution in [0.1, 0.15) is 38.5 Å². The van der Waals surface area contributed by atoms with E-state index in [9.17, 15) is 5.11 Å². The van der Waals surface area contributed by atoms with Gasteiger partial charge in [0.1, 0.15) is 0 Å². The van der Waals surface area contributed by atoms with Gasteiger partial charge in [0.05, 0.1) is 6.10 Å². The number of aliphatic hydroxyl groups excluding tert-OH is 1. The molecule has 1 atom stereocenters. The van der Waals surface area contributed by atoms with E-state index in [4.69, 9.17) is 4.74 Å². The highest BCUT2D eigenvalue weighted by atomic mass is 16.5. The van der Waals surface area contributed by atoms with Crippen LogP contribution >= 0.6 is 0 Å². The predicted octanol–water partition coefficient (Wildman–Crippen LogP) is 1.90. The summed E-state index contributed by atoms with van der Waals surface area (Å²) in [7, 11) is 3.82. The van der Waals surface area contributed by atoms with Crippen LogP contribution in [0.2, 0.25) is 0 Å². The van der Waals surface area contributed by atoms with Crippen LogP contribution < -0.4 is 0 Å². The number of likely N-dealkylation sites (N-methyl/N-ethyl adjacent to an activating group) is 1. The fourth-order valence-corrected chi connectivity index (χ4v) is 2.56. The second-order valence-corrected chi connectivity index (χ2v) is 5.07. The average molecular weight is 229 g/mol. The molecule has 1 N–H and O–H groups in total. The Morgan fingerprint density at radius 2 is 2.00 bits per heavy atom. The number of hydrogen-bond acceptors (Lipinski definition) is 3. The van der Waals surface area contributed by atoms with Gasteiger partial charge in [0, 0.05) is 26.8 Å². The van der Waals surface area contributed by atoms with Crippen molar-refractivity contribution in [2.75, 3.05) is 33.9 Å². The van der Waals surface area contributed by atoms with Crippen LogP contribution in [0, 0.1) is 5.92 Å². The van der Waals surface area contributed by atoms with E-state index in [2.05, 4.69) is 11.9 Å². The van der Waals surface area contributed by atoms with E-state index >= 15 is 0 Å². The molecule has 3 nitrogen and oxygen atoms in total. The number of aliphatic hydroxyl groups is 1. The van der Waals surface area contributed by atoms with Crippen molar-refractivity contribution < 1.29 is 9.84 Å². The van der Waals surface area contributed by atoms with Gasteiger partial charge in [0.2, 0.25) is 0 Å². The number of methoxy groups -OCH3 is 1. The van der Waals surface area contributed by atoms with E-state index in [1.54, 1.807) is 7.11 Å². The first-order valence-electron chi connectivity index (χ1n) is 6.59. The summed E-state index contributed by atoms with van der Waals surface area (Å²) in [6, 6.07) is 0. The first-order chi connectivity index (χ1) is 7.74. The lowest BCUT2D eigenvalue weighted by molar-refractivity contribution is 0.0526. The quantitative estimate of drug-likeness (QED) is 0.677. The van der Waals surface area contributed by atoms with Crippen molar-refractivity contribution in [2.45, 2.75) is 44.6 Å². The smallest absolute Gasteiger partial charge is 0.0695 e. The Kier molecular flexibility index (Phi) is 7.01. The van der Waals surface area contributed by atoms with Gasteiger partial charge in [0.15, 0.2) is 0 Å². The SMILES string of the molecule is COCCCN(C)CC(O)C1CCCCC1. The molecule has 0 aromatic carbocycles. The Balaban J connectivity index is 2.13. The Morgan fingerprint density at radius 3 is 2.62 bits per heavy atom. The zero-order valence-electron chi connectivity index (χ0n) is 10.8. The number of rotatable bonds is 7. The molecule has 0 saturated heterocycles. The largest absolute Gasteiger partial charge is 0.392 e. The van der Waals surface area contributed by atoms with Gasteiger partial charge in [-0.15, -0.1) is 0 Å². The van der Waals surface area contributed by atoms with E-state index in [0.29, 0.717) is 5.92 Å². The minimum atomic E-state index is -0.132. The van der Waals surface area contributed by atoms with Gasteiger partial charge in [-0.2, -0.15) is 0 Å². The standard InChI is InChI=1S/C13H27NO2/c1-14(9-6-10-16-2)11-13(15)12-7-4-3-5-8-12/h12-13,15H,3-11H2,1-2H3. The number of nitrogens with zero attached hydrogens (tertiary/aromatic N) is 1. The minimum Gasteiger partial charge on any atom is -0.392 e. The molecule has 0 amide bonds. The monoisotopic (exact) mass is 229 g/mol. The third kappa shape index (κ3) is 5.28. The van der Waals surface area contributed by atoms with Gasteiger partial charge < -0.3 is 14.7 Å². The van der Waals surface area contributed by atoms with Crippen LogP contribution in [-0.4, -0.2) is 50.0 Å². The Morgan fingerprint density at radius 1 is 1.31 bits per heavy atom.